The third kappa shape index (κ3) is 4.68. The molecule has 0 spiro atoms. The molecule has 31 heavy (non-hydrogen) atoms. The van der Waals surface area contributed by atoms with Gasteiger partial charge >= 0.3 is 0 Å². The van der Waals surface area contributed by atoms with E-state index in [9.17, 15) is 4.79 Å². The van der Waals surface area contributed by atoms with Gasteiger partial charge in [-0.25, -0.2) is 5.43 Å². The van der Waals surface area contributed by atoms with Crippen LogP contribution in [0.3, 0.4) is 0 Å². The summed E-state index contributed by atoms with van der Waals surface area (Å²) in [5.41, 5.74) is 6.66. The fraction of sp³-hybridized carbons (Fsp3) is 0.167. The van der Waals surface area contributed by atoms with Gasteiger partial charge in [-0.3, -0.25) is 4.79 Å². The van der Waals surface area contributed by atoms with Crippen molar-refractivity contribution < 1.29 is 4.79 Å². The van der Waals surface area contributed by atoms with Crippen molar-refractivity contribution in [2.75, 3.05) is 19.0 Å². The van der Waals surface area contributed by atoms with Crippen molar-refractivity contribution in [2.45, 2.75) is 13.0 Å². The van der Waals surface area contributed by atoms with Crippen LogP contribution in [-0.4, -0.2) is 30.8 Å². The van der Waals surface area contributed by atoms with Gasteiger partial charge in [-0.2, -0.15) is 5.10 Å². The standard InChI is InChI=1S/C24H22Cl2N4O/c1-29(2)19-7-3-16(4-8-19)15-27-28-24(31)11-12-30-22-9-5-17(25)13-20(22)21-14-18(26)6-10-23(21)30/h3-10,13-15H,11-12H2,1-2H3,(H,28,31)/b27-15+. The van der Waals surface area contributed by atoms with Crippen molar-refractivity contribution >= 4 is 62.8 Å². The summed E-state index contributed by atoms with van der Waals surface area (Å²) < 4.78 is 2.11. The minimum atomic E-state index is -0.154. The highest BCUT2D eigenvalue weighted by Gasteiger charge is 2.12. The lowest BCUT2D eigenvalue weighted by atomic mass is 10.1. The average molecular weight is 453 g/mol. The van der Waals surface area contributed by atoms with E-state index in [1.807, 2.05) is 79.7 Å². The molecule has 0 aliphatic rings. The number of amides is 1. The zero-order chi connectivity index (χ0) is 22.0. The number of carbonyl (C=O) groups excluding carboxylic acids is 1. The summed E-state index contributed by atoms with van der Waals surface area (Å²) in [6, 6.07) is 19.4. The molecule has 7 heteroatoms. The Hall–Kier alpha value is -3.02. The summed E-state index contributed by atoms with van der Waals surface area (Å²) in [4.78, 5) is 14.4. The predicted octanol–water partition coefficient (Wildman–Crippen LogP) is 5.71. The SMILES string of the molecule is CN(C)c1ccc(/C=N/NC(=O)CCn2c3ccc(Cl)cc3c3cc(Cl)ccc32)cc1. The molecule has 0 aliphatic heterocycles. The van der Waals surface area contributed by atoms with Gasteiger partial charge < -0.3 is 9.47 Å². The lowest BCUT2D eigenvalue weighted by Crippen LogP contribution is -2.19. The number of hydrogen-bond donors (Lipinski definition) is 1. The average Bonchev–Trinajstić information content (AvgIpc) is 3.04. The molecule has 1 aromatic heterocycles. The molecule has 0 aliphatic carbocycles. The number of nitrogens with one attached hydrogen (secondary N) is 1. The van der Waals surface area contributed by atoms with Crippen molar-refractivity contribution in [1.29, 1.82) is 0 Å². The van der Waals surface area contributed by atoms with Crippen LogP contribution in [0.4, 0.5) is 5.69 Å². The van der Waals surface area contributed by atoms with E-state index in [1.165, 1.54) is 0 Å². The second kappa shape index (κ2) is 9.00. The van der Waals surface area contributed by atoms with Crippen LogP contribution in [0.15, 0.2) is 65.8 Å². The number of anilines is 1. The first-order valence-corrected chi connectivity index (χ1v) is 10.6. The Morgan fingerprint density at radius 2 is 1.55 bits per heavy atom. The van der Waals surface area contributed by atoms with Gasteiger partial charge in [-0.1, -0.05) is 35.3 Å². The van der Waals surface area contributed by atoms with Gasteiger partial charge in [0.25, 0.3) is 0 Å². The topological polar surface area (TPSA) is 49.6 Å². The summed E-state index contributed by atoms with van der Waals surface area (Å²) in [6.07, 6.45) is 1.93. The Labute approximate surface area is 190 Å². The Morgan fingerprint density at radius 1 is 0.968 bits per heavy atom. The Morgan fingerprint density at radius 3 is 2.10 bits per heavy atom. The predicted molar refractivity (Wildman–Crippen MR) is 131 cm³/mol. The van der Waals surface area contributed by atoms with Crippen molar-refractivity contribution in [3.63, 3.8) is 0 Å². The number of hydrazone groups is 1. The molecule has 0 atom stereocenters. The number of benzene rings is 3. The van der Waals surface area contributed by atoms with Gasteiger partial charge in [0.15, 0.2) is 0 Å². The van der Waals surface area contributed by atoms with E-state index in [4.69, 9.17) is 23.2 Å². The molecule has 4 rings (SSSR count). The van der Waals surface area contributed by atoms with E-state index in [-0.39, 0.29) is 5.91 Å². The fourth-order valence-corrected chi connectivity index (χ4v) is 3.94. The number of carbonyl (C=O) groups is 1. The third-order valence-electron chi connectivity index (χ3n) is 5.16. The quantitative estimate of drug-likeness (QED) is 0.301. The number of fused-ring (bicyclic) bond motifs is 3. The molecule has 1 amide bonds. The van der Waals surface area contributed by atoms with Gasteiger partial charge in [0, 0.05) is 64.6 Å². The summed E-state index contributed by atoms with van der Waals surface area (Å²) in [5.74, 6) is -0.154. The molecule has 1 heterocycles. The molecule has 3 aromatic carbocycles. The number of aryl methyl sites for hydroxylation is 1. The minimum absolute atomic E-state index is 0.154. The highest BCUT2D eigenvalue weighted by Crippen LogP contribution is 2.33. The van der Waals surface area contributed by atoms with E-state index in [0.29, 0.717) is 23.0 Å². The number of aromatic nitrogens is 1. The van der Waals surface area contributed by atoms with Crippen molar-refractivity contribution in [2.24, 2.45) is 5.10 Å². The van der Waals surface area contributed by atoms with E-state index >= 15 is 0 Å². The van der Waals surface area contributed by atoms with Crippen LogP contribution < -0.4 is 10.3 Å². The summed E-state index contributed by atoms with van der Waals surface area (Å²) in [6.45, 7) is 0.516. The molecule has 0 unspecified atom stereocenters. The second-order valence-corrected chi connectivity index (χ2v) is 8.38. The van der Waals surface area contributed by atoms with Crippen molar-refractivity contribution in [3.8, 4) is 0 Å². The number of halogens is 2. The van der Waals surface area contributed by atoms with Crippen LogP contribution >= 0.6 is 23.2 Å². The lowest BCUT2D eigenvalue weighted by molar-refractivity contribution is -0.121. The van der Waals surface area contributed by atoms with Crippen LogP contribution in [0, 0.1) is 0 Å². The Kier molecular flexibility index (Phi) is 6.16. The van der Waals surface area contributed by atoms with Crippen LogP contribution in [0.25, 0.3) is 21.8 Å². The maximum Gasteiger partial charge on any atom is 0.241 e. The molecule has 1 N–H and O–H groups in total. The largest absolute Gasteiger partial charge is 0.378 e. The minimum Gasteiger partial charge on any atom is -0.378 e. The maximum absolute atomic E-state index is 12.4. The molecule has 0 saturated heterocycles. The van der Waals surface area contributed by atoms with Crippen LogP contribution in [0.2, 0.25) is 10.0 Å². The molecule has 0 fully saturated rings. The monoisotopic (exact) mass is 452 g/mol. The second-order valence-electron chi connectivity index (χ2n) is 7.50. The highest BCUT2D eigenvalue weighted by molar-refractivity contribution is 6.33. The Balaban J connectivity index is 1.46. The van der Waals surface area contributed by atoms with Gasteiger partial charge in [0.1, 0.15) is 0 Å². The molecule has 5 nitrogen and oxygen atoms in total. The smallest absolute Gasteiger partial charge is 0.241 e. The van der Waals surface area contributed by atoms with Gasteiger partial charge in [-0.05, 0) is 54.1 Å². The van der Waals surface area contributed by atoms with Gasteiger partial charge in [0.05, 0.1) is 6.21 Å². The zero-order valence-corrected chi connectivity index (χ0v) is 18.8. The summed E-state index contributed by atoms with van der Waals surface area (Å²) >= 11 is 12.4. The number of hydrogen-bond acceptors (Lipinski definition) is 3. The molecule has 158 valence electrons. The summed E-state index contributed by atoms with van der Waals surface area (Å²) in [7, 11) is 3.98. The van der Waals surface area contributed by atoms with E-state index in [2.05, 4.69) is 15.1 Å². The Bertz CT molecular complexity index is 1220. The molecule has 0 saturated carbocycles. The molecule has 0 bridgehead atoms. The first kappa shape index (κ1) is 21.2. The maximum atomic E-state index is 12.4. The van der Waals surface area contributed by atoms with E-state index in [1.54, 1.807) is 6.21 Å². The number of nitrogens with zero attached hydrogens (tertiary/aromatic N) is 3. The van der Waals surface area contributed by atoms with Crippen LogP contribution in [0.5, 0.6) is 0 Å². The molecule has 4 aromatic rings. The van der Waals surface area contributed by atoms with Gasteiger partial charge in [-0.15, -0.1) is 0 Å². The third-order valence-corrected chi connectivity index (χ3v) is 5.63. The van der Waals surface area contributed by atoms with Crippen molar-refractivity contribution in [1.82, 2.24) is 9.99 Å². The lowest BCUT2D eigenvalue weighted by Gasteiger charge is -2.11. The fourth-order valence-electron chi connectivity index (χ4n) is 3.60. The normalized spacial score (nSPS) is 11.5. The molecular weight excluding hydrogens is 431 g/mol. The van der Waals surface area contributed by atoms with Gasteiger partial charge in [0.2, 0.25) is 5.91 Å². The first-order chi connectivity index (χ1) is 14.9. The van der Waals surface area contributed by atoms with E-state index in [0.717, 1.165) is 33.1 Å². The van der Waals surface area contributed by atoms with Crippen LogP contribution in [-0.2, 0) is 11.3 Å². The van der Waals surface area contributed by atoms with Crippen LogP contribution in [0.1, 0.15) is 12.0 Å². The highest BCUT2D eigenvalue weighted by atomic mass is 35.5. The number of rotatable bonds is 6. The van der Waals surface area contributed by atoms with E-state index < -0.39 is 0 Å². The zero-order valence-electron chi connectivity index (χ0n) is 17.3. The first-order valence-electron chi connectivity index (χ1n) is 9.89. The summed E-state index contributed by atoms with van der Waals surface area (Å²) in [5, 5.41) is 7.45. The molecule has 0 radical (unpaired) electrons. The molecular formula is C24H22Cl2N4O. The van der Waals surface area contributed by atoms with Crippen molar-refractivity contribution in [3.05, 3.63) is 76.3 Å².